The fraction of sp³-hybridized carbons (Fsp3) is 0.222. The van der Waals surface area contributed by atoms with Crippen LogP contribution in [0.25, 0.3) is 0 Å². The van der Waals surface area contributed by atoms with E-state index in [2.05, 4.69) is 5.32 Å². The number of ether oxygens (including phenoxy) is 1. The normalized spacial score (nSPS) is 11.1. The molecule has 0 spiro atoms. The van der Waals surface area contributed by atoms with E-state index >= 15 is 0 Å². The minimum atomic E-state index is -4.44. The second-order valence-electron chi connectivity index (χ2n) is 5.52. The number of alkyl halides is 3. The zero-order valence-electron chi connectivity index (χ0n) is 13.6. The van der Waals surface area contributed by atoms with E-state index in [1.54, 1.807) is 19.1 Å². The Balaban J connectivity index is 1.91. The van der Waals surface area contributed by atoms with Gasteiger partial charge in [0.05, 0.1) is 11.1 Å². The van der Waals surface area contributed by atoms with Crippen molar-refractivity contribution >= 4 is 17.6 Å². The van der Waals surface area contributed by atoms with E-state index in [0.29, 0.717) is 5.56 Å². The number of hydrogen-bond donors (Lipinski definition) is 1. The molecule has 0 aliphatic heterocycles. The maximum absolute atomic E-state index is 12.5. The Hall–Kier alpha value is -2.83. The largest absolute Gasteiger partial charge is 0.452 e. The summed E-state index contributed by atoms with van der Waals surface area (Å²) in [6.07, 6.45) is -4.44. The summed E-state index contributed by atoms with van der Waals surface area (Å²) in [5, 5.41) is 2.37. The first kappa shape index (κ1) is 18.5. The lowest BCUT2D eigenvalue weighted by Crippen LogP contribution is -2.21. The molecular weight excluding hydrogens is 335 g/mol. The summed E-state index contributed by atoms with van der Waals surface area (Å²) in [7, 11) is 0. The van der Waals surface area contributed by atoms with Crippen molar-refractivity contribution in [1.29, 1.82) is 0 Å². The van der Waals surface area contributed by atoms with E-state index in [1.165, 1.54) is 0 Å². The SMILES string of the molecule is Cc1ccc(C(=O)OCC(=O)Nc2ccc(C(F)(F)F)cc2)c(C)c1. The van der Waals surface area contributed by atoms with Crippen LogP contribution < -0.4 is 5.32 Å². The van der Waals surface area contributed by atoms with Crippen LogP contribution in [-0.4, -0.2) is 18.5 Å². The summed E-state index contributed by atoms with van der Waals surface area (Å²) in [4.78, 5) is 23.7. The molecule has 132 valence electrons. The Morgan fingerprint density at radius 1 is 1.04 bits per heavy atom. The molecule has 1 amide bonds. The predicted octanol–water partition coefficient (Wildman–Crippen LogP) is 4.12. The highest BCUT2D eigenvalue weighted by Gasteiger charge is 2.30. The zero-order chi connectivity index (χ0) is 18.6. The second kappa shape index (κ2) is 7.38. The van der Waals surface area contributed by atoms with Gasteiger partial charge in [0.1, 0.15) is 0 Å². The lowest BCUT2D eigenvalue weighted by Gasteiger charge is -2.10. The van der Waals surface area contributed by atoms with Gasteiger partial charge in [-0.05, 0) is 49.7 Å². The lowest BCUT2D eigenvalue weighted by atomic mass is 10.1. The van der Waals surface area contributed by atoms with Gasteiger partial charge in [-0.1, -0.05) is 17.7 Å². The number of benzene rings is 2. The van der Waals surface area contributed by atoms with E-state index in [0.717, 1.165) is 35.4 Å². The lowest BCUT2D eigenvalue weighted by molar-refractivity contribution is -0.137. The molecule has 0 saturated heterocycles. The number of nitrogens with one attached hydrogen (secondary N) is 1. The molecule has 2 aromatic carbocycles. The van der Waals surface area contributed by atoms with Crippen molar-refractivity contribution in [2.45, 2.75) is 20.0 Å². The van der Waals surface area contributed by atoms with Gasteiger partial charge in [0, 0.05) is 5.69 Å². The van der Waals surface area contributed by atoms with Crippen molar-refractivity contribution in [2.24, 2.45) is 0 Å². The third-order valence-corrected chi connectivity index (χ3v) is 3.43. The molecule has 0 radical (unpaired) electrons. The van der Waals surface area contributed by atoms with Crippen LogP contribution in [0.3, 0.4) is 0 Å². The Kier molecular flexibility index (Phi) is 5.46. The third kappa shape index (κ3) is 5.07. The molecule has 2 rings (SSSR count). The van der Waals surface area contributed by atoms with E-state index in [4.69, 9.17) is 4.74 Å². The van der Waals surface area contributed by atoms with Gasteiger partial charge in [-0.25, -0.2) is 4.79 Å². The molecule has 0 fully saturated rings. The third-order valence-electron chi connectivity index (χ3n) is 3.43. The molecule has 0 aliphatic rings. The highest BCUT2D eigenvalue weighted by atomic mass is 19.4. The molecule has 2 aromatic rings. The molecule has 0 heterocycles. The van der Waals surface area contributed by atoms with Gasteiger partial charge >= 0.3 is 12.1 Å². The average Bonchev–Trinajstić information content (AvgIpc) is 2.52. The fourth-order valence-electron chi connectivity index (χ4n) is 2.19. The first-order valence-corrected chi connectivity index (χ1v) is 7.38. The predicted molar refractivity (Wildman–Crippen MR) is 86.3 cm³/mol. The van der Waals surface area contributed by atoms with Crippen LogP contribution in [0.4, 0.5) is 18.9 Å². The summed E-state index contributed by atoms with van der Waals surface area (Å²) in [5.74, 6) is -1.28. The van der Waals surface area contributed by atoms with Crippen molar-refractivity contribution in [2.75, 3.05) is 11.9 Å². The maximum atomic E-state index is 12.5. The number of aryl methyl sites for hydroxylation is 2. The fourth-order valence-corrected chi connectivity index (χ4v) is 2.19. The Labute approximate surface area is 142 Å². The molecule has 4 nitrogen and oxygen atoms in total. The first-order valence-electron chi connectivity index (χ1n) is 7.38. The molecule has 0 aromatic heterocycles. The van der Waals surface area contributed by atoms with Crippen molar-refractivity contribution in [3.8, 4) is 0 Å². The number of carbonyl (C=O) groups is 2. The smallest absolute Gasteiger partial charge is 0.416 e. The summed E-state index contributed by atoms with van der Waals surface area (Å²) in [5.41, 5.74) is 1.45. The van der Waals surface area contributed by atoms with Crippen LogP contribution >= 0.6 is 0 Å². The van der Waals surface area contributed by atoms with Crippen molar-refractivity contribution in [3.63, 3.8) is 0 Å². The van der Waals surface area contributed by atoms with Gasteiger partial charge in [0.2, 0.25) is 0 Å². The highest BCUT2D eigenvalue weighted by molar-refractivity contribution is 5.96. The van der Waals surface area contributed by atoms with Gasteiger partial charge in [-0.3, -0.25) is 4.79 Å². The van der Waals surface area contributed by atoms with E-state index in [-0.39, 0.29) is 5.69 Å². The molecular formula is C18H16F3NO3. The topological polar surface area (TPSA) is 55.4 Å². The molecule has 25 heavy (non-hydrogen) atoms. The van der Waals surface area contributed by atoms with Crippen LogP contribution in [0.2, 0.25) is 0 Å². The number of anilines is 1. The summed E-state index contributed by atoms with van der Waals surface area (Å²) >= 11 is 0. The number of amides is 1. The number of esters is 1. The monoisotopic (exact) mass is 351 g/mol. The molecule has 0 saturated carbocycles. The average molecular weight is 351 g/mol. The van der Waals surface area contributed by atoms with Crippen molar-refractivity contribution < 1.29 is 27.5 Å². The number of halogens is 3. The summed E-state index contributed by atoms with van der Waals surface area (Å²) in [6, 6.07) is 9.17. The zero-order valence-corrected chi connectivity index (χ0v) is 13.6. The van der Waals surface area contributed by atoms with Crippen LogP contribution in [0.5, 0.6) is 0 Å². The summed E-state index contributed by atoms with van der Waals surface area (Å²) in [6.45, 7) is 3.11. The number of rotatable bonds is 4. The molecule has 0 unspecified atom stereocenters. The van der Waals surface area contributed by atoms with E-state index in [9.17, 15) is 22.8 Å². The van der Waals surface area contributed by atoms with Crippen LogP contribution in [0.1, 0.15) is 27.0 Å². The quantitative estimate of drug-likeness (QED) is 0.843. The van der Waals surface area contributed by atoms with Crippen LogP contribution in [-0.2, 0) is 15.7 Å². The second-order valence-corrected chi connectivity index (χ2v) is 5.52. The standard InChI is InChI=1S/C18H16F3NO3/c1-11-3-8-15(12(2)9-11)17(24)25-10-16(23)22-14-6-4-13(5-7-14)18(19,20)21/h3-9H,10H2,1-2H3,(H,22,23). The molecule has 1 N–H and O–H groups in total. The minimum absolute atomic E-state index is 0.181. The Bertz CT molecular complexity index is 783. The van der Waals surface area contributed by atoms with Crippen LogP contribution in [0, 0.1) is 13.8 Å². The van der Waals surface area contributed by atoms with Crippen LogP contribution in [0.15, 0.2) is 42.5 Å². The molecule has 0 atom stereocenters. The van der Waals surface area contributed by atoms with Gasteiger partial charge < -0.3 is 10.1 Å². The molecule has 0 aliphatic carbocycles. The molecule has 7 heteroatoms. The van der Waals surface area contributed by atoms with Gasteiger partial charge in [-0.15, -0.1) is 0 Å². The summed E-state index contributed by atoms with van der Waals surface area (Å²) < 4.78 is 42.3. The minimum Gasteiger partial charge on any atom is -0.452 e. The van der Waals surface area contributed by atoms with Crippen molar-refractivity contribution in [1.82, 2.24) is 0 Å². The van der Waals surface area contributed by atoms with Gasteiger partial charge in [0.25, 0.3) is 5.91 Å². The molecule has 0 bridgehead atoms. The maximum Gasteiger partial charge on any atom is 0.416 e. The number of carbonyl (C=O) groups excluding carboxylic acids is 2. The Morgan fingerprint density at radius 2 is 1.68 bits per heavy atom. The first-order chi connectivity index (χ1) is 11.7. The Morgan fingerprint density at radius 3 is 2.24 bits per heavy atom. The van der Waals surface area contributed by atoms with Gasteiger partial charge in [-0.2, -0.15) is 13.2 Å². The number of hydrogen-bond acceptors (Lipinski definition) is 3. The van der Waals surface area contributed by atoms with E-state index < -0.39 is 30.2 Å². The highest BCUT2D eigenvalue weighted by Crippen LogP contribution is 2.29. The van der Waals surface area contributed by atoms with E-state index in [1.807, 2.05) is 13.0 Å². The van der Waals surface area contributed by atoms with Gasteiger partial charge in [0.15, 0.2) is 6.61 Å². The van der Waals surface area contributed by atoms with Crippen molar-refractivity contribution in [3.05, 3.63) is 64.7 Å².